The first kappa shape index (κ1) is 14.4. The number of ether oxygens (including phenoxy) is 1. The standard InChI is InChI=1S/C16H26N2O/c1-13-9-14(2)18(12-13)7-4-8-19-16-6-3-5-15(10-16)11-17/h3,5-6,10,13-14H,4,7-9,11-12,17H2,1-2H3. The molecule has 19 heavy (non-hydrogen) atoms. The monoisotopic (exact) mass is 262 g/mol. The first-order valence-corrected chi connectivity index (χ1v) is 7.35. The molecule has 0 aliphatic carbocycles. The fourth-order valence-electron chi connectivity index (χ4n) is 2.92. The Balaban J connectivity index is 1.69. The van der Waals surface area contributed by atoms with Crippen molar-refractivity contribution in [2.75, 3.05) is 19.7 Å². The topological polar surface area (TPSA) is 38.5 Å². The maximum absolute atomic E-state index is 5.79. The Labute approximate surface area is 116 Å². The summed E-state index contributed by atoms with van der Waals surface area (Å²) in [5.74, 6) is 1.78. The van der Waals surface area contributed by atoms with Crippen LogP contribution < -0.4 is 10.5 Å². The van der Waals surface area contributed by atoms with Gasteiger partial charge in [-0.05, 0) is 43.4 Å². The van der Waals surface area contributed by atoms with Crippen molar-refractivity contribution < 1.29 is 4.74 Å². The van der Waals surface area contributed by atoms with Gasteiger partial charge in [-0.2, -0.15) is 0 Å². The van der Waals surface area contributed by atoms with Crippen LogP contribution in [0.1, 0.15) is 32.3 Å². The Bertz CT molecular complexity index is 394. The van der Waals surface area contributed by atoms with Crippen LogP contribution in [0.5, 0.6) is 5.75 Å². The minimum absolute atomic E-state index is 0.570. The van der Waals surface area contributed by atoms with Gasteiger partial charge in [-0.1, -0.05) is 19.1 Å². The van der Waals surface area contributed by atoms with Crippen LogP contribution >= 0.6 is 0 Å². The molecule has 0 amide bonds. The van der Waals surface area contributed by atoms with Crippen LogP contribution in [-0.2, 0) is 6.54 Å². The molecule has 1 aromatic carbocycles. The van der Waals surface area contributed by atoms with Crippen LogP contribution in [0.2, 0.25) is 0 Å². The third-order valence-electron chi connectivity index (χ3n) is 3.91. The Kier molecular flexibility index (Phi) is 5.23. The Morgan fingerprint density at radius 1 is 1.37 bits per heavy atom. The van der Waals surface area contributed by atoms with Gasteiger partial charge in [0.1, 0.15) is 5.75 Å². The van der Waals surface area contributed by atoms with E-state index in [0.29, 0.717) is 6.54 Å². The Morgan fingerprint density at radius 3 is 2.89 bits per heavy atom. The van der Waals surface area contributed by atoms with E-state index in [2.05, 4.69) is 18.7 Å². The summed E-state index contributed by atoms with van der Waals surface area (Å²) < 4.78 is 5.79. The molecule has 0 radical (unpaired) electrons. The van der Waals surface area contributed by atoms with Crippen molar-refractivity contribution in [2.24, 2.45) is 11.7 Å². The molecule has 1 aliphatic heterocycles. The quantitative estimate of drug-likeness (QED) is 0.801. The molecule has 1 fully saturated rings. The number of hydrogen-bond acceptors (Lipinski definition) is 3. The summed E-state index contributed by atoms with van der Waals surface area (Å²) in [4.78, 5) is 2.57. The van der Waals surface area contributed by atoms with Crippen molar-refractivity contribution in [1.82, 2.24) is 4.90 Å². The zero-order valence-electron chi connectivity index (χ0n) is 12.1. The van der Waals surface area contributed by atoms with Crippen LogP contribution in [-0.4, -0.2) is 30.6 Å². The van der Waals surface area contributed by atoms with Crippen LogP contribution in [0.3, 0.4) is 0 Å². The minimum atomic E-state index is 0.570. The maximum Gasteiger partial charge on any atom is 0.119 e. The molecule has 0 saturated carbocycles. The van der Waals surface area contributed by atoms with E-state index in [1.807, 2.05) is 24.3 Å². The molecule has 2 rings (SSSR count). The van der Waals surface area contributed by atoms with Gasteiger partial charge in [0.15, 0.2) is 0 Å². The molecule has 106 valence electrons. The molecule has 0 spiro atoms. The number of nitrogens with two attached hydrogens (primary N) is 1. The molecule has 2 atom stereocenters. The van der Waals surface area contributed by atoms with Gasteiger partial charge in [0, 0.05) is 25.7 Å². The smallest absolute Gasteiger partial charge is 0.119 e. The third kappa shape index (κ3) is 4.22. The largest absolute Gasteiger partial charge is 0.494 e. The number of nitrogens with zero attached hydrogens (tertiary/aromatic N) is 1. The summed E-state index contributed by atoms with van der Waals surface area (Å²) in [5.41, 5.74) is 6.75. The summed E-state index contributed by atoms with van der Waals surface area (Å²) >= 11 is 0. The zero-order chi connectivity index (χ0) is 13.7. The summed E-state index contributed by atoms with van der Waals surface area (Å²) in [7, 11) is 0. The lowest BCUT2D eigenvalue weighted by atomic mass is 10.1. The van der Waals surface area contributed by atoms with Crippen molar-refractivity contribution in [1.29, 1.82) is 0 Å². The highest BCUT2D eigenvalue weighted by atomic mass is 16.5. The zero-order valence-corrected chi connectivity index (χ0v) is 12.1. The fourth-order valence-corrected chi connectivity index (χ4v) is 2.92. The van der Waals surface area contributed by atoms with Crippen LogP contribution in [0.15, 0.2) is 24.3 Å². The first-order valence-electron chi connectivity index (χ1n) is 7.35. The fraction of sp³-hybridized carbons (Fsp3) is 0.625. The molecule has 3 heteroatoms. The number of hydrogen-bond donors (Lipinski definition) is 1. The molecule has 2 unspecified atom stereocenters. The van der Waals surface area contributed by atoms with E-state index < -0.39 is 0 Å². The van der Waals surface area contributed by atoms with Crippen LogP contribution in [0, 0.1) is 5.92 Å². The molecule has 1 aromatic rings. The molecular weight excluding hydrogens is 236 g/mol. The lowest BCUT2D eigenvalue weighted by Gasteiger charge is -2.20. The second-order valence-corrected chi connectivity index (χ2v) is 5.74. The highest BCUT2D eigenvalue weighted by Gasteiger charge is 2.25. The Hall–Kier alpha value is -1.06. The number of likely N-dealkylation sites (tertiary alicyclic amines) is 1. The molecule has 1 heterocycles. The summed E-state index contributed by atoms with van der Waals surface area (Å²) in [5, 5.41) is 0. The molecule has 0 aromatic heterocycles. The molecule has 1 saturated heterocycles. The lowest BCUT2D eigenvalue weighted by molar-refractivity contribution is 0.228. The second-order valence-electron chi connectivity index (χ2n) is 5.74. The Morgan fingerprint density at radius 2 is 2.21 bits per heavy atom. The molecule has 0 bridgehead atoms. The first-order chi connectivity index (χ1) is 9.19. The van der Waals surface area contributed by atoms with Gasteiger partial charge in [-0.15, -0.1) is 0 Å². The maximum atomic E-state index is 5.79. The van der Waals surface area contributed by atoms with Gasteiger partial charge in [0.2, 0.25) is 0 Å². The van der Waals surface area contributed by atoms with Crippen molar-refractivity contribution >= 4 is 0 Å². The van der Waals surface area contributed by atoms with E-state index >= 15 is 0 Å². The van der Waals surface area contributed by atoms with Crippen molar-refractivity contribution in [2.45, 2.75) is 39.3 Å². The predicted molar refractivity (Wildman–Crippen MR) is 79.3 cm³/mol. The average Bonchev–Trinajstić information content (AvgIpc) is 2.73. The molecular formula is C16H26N2O. The molecule has 2 N–H and O–H groups in total. The van der Waals surface area contributed by atoms with Gasteiger partial charge in [-0.25, -0.2) is 0 Å². The highest BCUT2D eigenvalue weighted by molar-refractivity contribution is 5.28. The van der Waals surface area contributed by atoms with E-state index in [-0.39, 0.29) is 0 Å². The van der Waals surface area contributed by atoms with E-state index in [1.54, 1.807) is 0 Å². The van der Waals surface area contributed by atoms with Crippen molar-refractivity contribution in [3.8, 4) is 5.75 Å². The summed E-state index contributed by atoms with van der Waals surface area (Å²) in [6.45, 7) is 8.40. The van der Waals surface area contributed by atoms with Gasteiger partial charge >= 0.3 is 0 Å². The van der Waals surface area contributed by atoms with Gasteiger partial charge in [0.25, 0.3) is 0 Å². The summed E-state index contributed by atoms with van der Waals surface area (Å²) in [6.07, 6.45) is 2.42. The van der Waals surface area contributed by atoms with E-state index in [9.17, 15) is 0 Å². The second kappa shape index (κ2) is 6.92. The van der Waals surface area contributed by atoms with Crippen molar-refractivity contribution in [3.63, 3.8) is 0 Å². The van der Waals surface area contributed by atoms with E-state index in [4.69, 9.17) is 10.5 Å². The number of benzene rings is 1. The van der Waals surface area contributed by atoms with Crippen LogP contribution in [0.4, 0.5) is 0 Å². The SMILES string of the molecule is CC1CC(C)N(CCCOc2cccc(CN)c2)C1. The number of rotatable bonds is 6. The average molecular weight is 262 g/mol. The van der Waals surface area contributed by atoms with Gasteiger partial charge in [-0.3, -0.25) is 0 Å². The third-order valence-corrected chi connectivity index (χ3v) is 3.91. The molecule has 3 nitrogen and oxygen atoms in total. The van der Waals surface area contributed by atoms with Crippen molar-refractivity contribution in [3.05, 3.63) is 29.8 Å². The van der Waals surface area contributed by atoms with E-state index in [0.717, 1.165) is 42.8 Å². The lowest BCUT2D eigenvalue weighted by Crippen LogP contribution is -2.29. The van der Waals surface area contributed by atoms with Crippen LogP contribution in [0.25, 0.3) is 0 Å². The van der Waals surface area contributed by atoms with E-state index in [1.165, 1.54) is 13.0 Å². The predicted octanol–water partition coefficient (Wildman–Crippen LogP) is 2.64. The minimum Gasteiger partial charge on any atom is -0.494 e. The summed E-state index contributed by atoms with van der Waals surface area (Å²) in [6, 6.07) is 8.79. The highest BCUT2D eigenvalue weighted by Crippen LogP contribution is 2.22. The van der Waals surface area contributed by atoms with Gasteiger partial charge in [0.05, 0.1) is 6.61 Å². The van der Waals surface area contributed by atoms with Gasteiger partial charge < -0.3 is 15.4 Å². The molecule has 1 aliphatic rings. The normalized spacial score (nSPS) is 23.7.